The zero-order valence-corrected chi connectivity index (χ0v) is 75.7. The fourth-order valence-corrected chi connectivity index (χ4v) is 22.8. The molecule has 16 aliphatic rings. The van der Waals surface area contributed by atoms with Gasteiger partial charge >= 0.3 is 23.9 Å². The third-order valence-corrected chi connectivity index (χ3v) is 28.5. The predicted molar refractivity (Wildman–Crippen MR) is 439 cm³/mol. The minimum atomic E-state index is -0.738. The molecule has 115 heavy (non-hydrogen) atoms. The van der Waals surface area contributed by atoms with E-state index in [1.807, 2.05) is 69.2 Å². The smallest absolute Gasteiger partial charge is 0.312 e. The average molecular weight is 1630 g/mol. The maximum atomic E-state index is 13.4. The van der Waals surface area contributed by atoms with Gasteiger partial charge in [-0.15, -0.1) is 0 Å². The van der Waals surface area contributed by atoms with Gasteiger partial charge in [0.05, 0.1) is 60.9 Å². The standard InChI is InChI=1S/C28H50O8.C24H42O6.C21H36O4.C20H34O4/c1-7-11-30-20-33-25-14-26(34-21-31-12-8-2)16-27(15-25,35-22-32-13-9-3)19-28(17-25,18-26)36-23(29)24(5,6)10-4;1-6-9-26-17-28-22-11-19-12-23(14-22,29-18-27-10-7-2)16-24(13-19,15-22)30-20(25)21(4,5)8-3;1-5-7-8-23-15-24-20-10-16-9-17(11-20)13-21(12-16,14-20)25-18(22)19(3,4)6-2;1-5-7-22-14-23-19-9-15-8-16(10-19)12-20(11-15,13-19)24-17(21)18(3,4)6-2/h7-22H2,1-6H3;19H,6-18H2,1-5H3;16-17H,5-15H2,1-4H3;15-16H,5-14H2,1-4H3. The summed E-state index contributed by atoms with van der Waals surface area (Å²) in [7, 11) is 0. The van der Waals surface area contributed by atoms with Crippen molar-refractivity contribution in [1.29, 1.82) is 0 Å². The van der Waals surface area contributed by atoms with E-state index in [4.69, 9.17) is 85.3 Å². The monoisotopic (exact) mass is 1630 g/mol. The Labute approximate surface area is 694 Å². The molecule has 0 amide bonds. The summed E-state index contributed by atoms with van der Waals surface area (Å²) in [6.07, 6.45) is 32.9. The Kier molecular flexibility index (Phi) is 34.1. The van der Waals surface area contributed by atoms with Crippen LogP contribution in [0.4, 0.5) is 0 Å². The normalized spacial score (nSPS) is 35.4. The Bertz CT molecular complexity index is 2900. The SMILES string of the molecule is CCCCOCOC12CC3CC(C1)CC(OC(=O)C(C)(C)CC)(C3)C2.CCCOCOC12CC3(OCOCCC)CC(OCOCCC)(C1)CC(OC(=O)C(C)(C)CC)(C2)C3.CCCOCOC12CC3CC(C1)CC(OC(=O)C(C)(C)CC)(C3)C2.CCCOCOC12CC3CC(OCOCCC)(C1)CC(OC(=O)C(C)(C)CC)(C3)C2. The van der Waals surface area contributed by atoms with Gasteiger partial charge in [0.15, 0.2) is 0 Å². The third-order valence-electron chi connectivity index (χ3n) is 28.5. The fraction of sp³-hybridized carbons (Fsp3) is 0.957. The second-order valence-corrected chi connectivity index (χ2v) is 41.1. The number of ether oxygens (including phenoxy) is 18. The van der Waals surface area contributed by atoms with Crippen LogP contribution in [0, 0.1) is 51.2 Å². The van der Waals surface area contributed by atoms with Crippen molar-refractivity contribution in [3.8, 4) is 0 Å². The topological polar surface area (TPSA) is 234 Å². The lowest BCUT2D eigenvalue weighted by Gasteiger charge is -2.68. The summed E-state index contributed by atoms with van der Waals surface area (Å²) in [5, 5.41) is 0. The zero-order chi connectivity index (χ0) is 83.8. The van der Waals surface area contributed by atoms with Gasteiger partial charge in [0.1, 0.15) is 70.0 Å². The van der Waals surface area contributed by atoms with Crippen LogP contribution in [-0.4, -0.2) is 179 Å². The first-order valence-electron chi connectivity index (χ1n) is 45.9. The summed E-state index contributed by atoms with van der Waals surface area (Å²) in [6, 6.07) is 0. The molecule has 16 fully saturated rings. The van der Waals surface area contributed by atoms with Crippen LogP contribution in [0.1, 0.15) is 363 Å². The van der Waals surface area contributed by atoms with Crippen molar-refractivity contribution in [2.45, 2.75) is 424 Å². The van der Waals surface area contributed by atoms with Crippen LogP contribution in [0.15, 0.2) is 0 Å². The van der Waals surface area contributed by atoms with Crippen LogP contribution in [0.2, 0.25) is 0 Å². The molecule has 6 unspecified atom stereocenters. The fourth-order valence-electron chi connectivity index (χ4n) is 22.8. The number of rotatable bonds is 48. The van der Waals surface area contributed by atoms with Crippen molar-refractivity contribution in [3.05, 3.63) is 0 Å². The molecule has 0 aromatic carbocycles. The van der Waals surface area contributed by atoms with E-state index in [1.54, 1.807) is 0 Å². The van der Waals surface area contributed by atoms with Gasteiger partial charge in [-0.2, -0.15) is 0 Å². The van der Waals surface area contributed by atoms with Crippen LogP contribution in [0.5, 0.6) is 0 Å². The van der Waals surface area contributed by atoms with Crippen molar-refractivity contribution >= 4 is 23.9 Å². The predicted octanol–water partition coefficient (Wildman–Crippen LogP) is 19.8. The first-order chi connectivity index (χ1) is 54.5. The van der Waals surface area contributed by atoms with Crippen LogP contribution in [0.25, 0.3) is 0 Å². The van der Waals surface area contributed by atoms with E-state index in [0.717, 1.165) is 187 Å². The second-order valence-electron chi connectivity index (χ2n) is 41.1. The molecule has 0 N–H and O–H groups in total. The maximum Gasteiger partial charge on any atom is 0.312 e. The number of hydrogen-bond donors (Lipinski definition) is 0. The summed E-state index contributed by atoms with van der Waals surface area (Å²) >= 11 is 0. The largest absolute Gasteiger partial charge is 0.459 e. The average Bonchev–Trinajstić information content (AvgIpc) is 0.683. The van der Waals surface area contributed by atoms with E-state index in [9.17, 15) is 19.2 Å². The number of unbranched alkanes of at least 4 members (excludes halogenated alkanes) is 1. The molecule has 22 heteroatoms. The number of carbonyl (C=O) groups excluding carboxylic acids is 4. The summed E-state index contributed by atoms with van der Waals surface area (Å²) in [6.45, 7) is 45.3. The minimum Gasteiger partial charge on any atom is -0.459 e. The third kappa shape index (κ3) is 24.6. The lowest BCUT2D eigenvalue weighted by atomic mass is 9.48. The van der Waals surface area contributed by atoms with Crippen molar-refractivity contribution < 1.29 is 104 Å². The second kappa shape index (κ2) is 40.8. The van der Waals surface area contributed by atoms with Crippen LogP contribution < -0.4 is 0 Å². The van der Waals surface area contributed by atoms with Gasteiger partial charge in [-0.25, -0.2) is 0 Å². The molecule has 0 aromatic heterocycles. The summed E-state index contributed by atoms with van der Waals surface area (Å²) in [4.78, 5) is 51.8. The van der Waals surface area contributed by atoms with Crippen molar-refractivity contribution in [1.82, 2.24) is 0 Å². The van der Waals surface area contributed by atoms with Gasteiger partial charge in [-0.3, -0.25) is 19.2 Å². The number of esters is 4. The Morgan fingerprint density at radius 2 is 0.435 bits per heavy atom. The van der Waals surface area contributed by atoms with Gasteiger partial charge in [0, 0.05) is 117 Å². The van der Waals surface area contributed by atoms with Crippen LogP contribution in [-0.2, 0) is 104 Å². The molecule has 16 aliphatic carbocycles. The Morgan fingerprint density at radius 3 is 0.713 bits per heavy atom. The lowest BCUT2D eigenvalue weighted by Crippen LogP contribution is -2.74. The van der Waals surface area contributed by atoms with E-state index in [1.165, 1.54) is 12.8 Å². The molecule has 16 rings (SSSR count). The lowest BCUT2D eigenvalue weighted by molar-refractivity contribution is -0.352. The Hall–Kier alpha value is -2.68. The van der Waals surface area contributed by atoms with Crippen LogP contribution >= 0.6 is 0 Å². The molecule has 16 bridgehead atoms. The highest BCUT2D eigenvalue weighted by Gasteiger charge is 2.73. The molecule has 6 atom stereocenters. The Balaban J connectivity index is 0.000000178. The first kappa shape index (κ1) is 96.1. The van der Waals surface area contributed by atoms with Gasteiger partial charge < -0.3 is 85.3 Å². The van der Waals surface area contributed by atoms with E-state index in [-0.39, 0.29) is 91.4 Å². The molecule has 22 nitrogen and oxygen atoms in total. The molecule has 666 valence electrons. The molecule has 0 aliphatic heterocycles. The summed E-state index contributed by atoms with van der Waals surface area (Å²) in [5.74, 6) is 2.60. The summed E-state index contributed by atoms with van der Waals surface area (Å²) in [5.41, 5.74) is -6.39. The van der Waals surface area contributed by atoms with Crippen molar-refractivity contribution in [2.75, 3.05) is 93.8 Å². The first-order valence-corrected chi connectivity index (χ1v) is 45.9. The molecular formula is C93H162O22. The highest BCUT2D eigenvalue weighted by atomic mass is 16.7. The van der Waals surface area contributed by atoms with Crippen molar-refractivity contribution in [3.63, 3.8) is 0 Å². The van der Waals surface area contributed by atoms with Crippen LogP contribution in [0.3, 0.4) is 0 Å². The van der Waals surface area contributed by atoms with Gasteiger partial charge in [-0.1, -0.05) is 82.6 Å². The molecule has 0 radical (unpaired) electrons. The van der Waals surface area contributed by atoms with Gasteiger partial charge in [0.2, 0.25) is 0 Å². The van der Waals surface area contributed by atoms with Crippen molar-refractivity contribution in [2.24, 2.45) is 51.2 Å². The number of carbonyl (C=O) groups is 4. The minimum absolute atomic E-state index is 0.0358. The maximum absolute atomic E-state index is 13.4. The number of hydrogen-bond acceptors (Lipinski definition) is 22. The Morgan fingerprint density at radius 1 is 0.235 bits per heavy atom. The molecule has 0 heterocycles. The zero-order valence-electron chi connectivity index (χ0n) is 75.7. The van der Waals surface area contributed by atoms with Gasteiger partial charge in [-0.05, 0) is 239 Å². The summed E-state index contributed by atoms with van der Waals surface area (Å²) < 4.78 is 110. The molecule has 0 spiro atoms. The molecular weight excluding hydrogens is 1470 g/mol. The molecule has 0 saturated heterocycles. The van der Waals surface area contributed by atoms with E-state index < -0.39 is 49.7 Å². The molecule has 16 saturated carbocycles. The highest BCUT2D eigenvalue weighted by molar-refractivity contribution is 5.78. The van der Waals surface area contributed by atoms with E-state index in [0.29, 0.717) is 121 Å². The highest BCUT2D eigenvalue weighted by Crippen LogP contribution is 2.68. The van der Waals surface area contributed by atoms with E-state index >= 15 is 0 Å². The van der Waals surface area contributed by atoms with Gasteiger partial charge in [0.25, 0.3) is 0 Å². The molecule has 0 aromatic rings. The quantitative estimate of drug-likeness (QED) is 0.0238. The van der Waals surface area contributed by atoms with E-state index in [2.05, 4.69) is 62.3 Å².